The monoisotopic (exact) mass is 389 g/mol. The van der Waals surface area contributed by atoms with Crippen LogP contribution in [-0.2, 0) is 7.05 Å². The van der Waals surface area contributed by atoms with Crippen molar-refractivity contribution < 1.29 is 17.0 Å². The van der Waals surface area contributed by atoms with Gasteiger partial charge in [-0.2, -0.15) is 0 Å². The van der Waals surface area contributed by atoms with E-state index >= 15 is 0 Å². The van der Waals surface area contributed by atoms with Gasteiger partial charge in [0.2, 0.25) is 0 Å². The third kappa shape index (κ3) is 3.71. The number of aryl methyl sites for hydroxylation is 1. The molecule has 0 fully saturated rings. The lowest BCUT2D eigenvalue weighted by atomic mass is 10.0. The van der Waals surface area contributed by atoms with E-state index in [0.29, 0.717) is 0 Å². The summed E-state index contributed by atoms with van der Waals surface area (Å²) < 4.78 is 2.16. The SMILES string of the molecule is CCN1/C(=C\c2cc(C)nc(-c3ccccc3)[n+]2C)C=Cc2ccccc21.[Cl-]. The molecule has 1 aromatic heterocycles. The maximum Gasteiger partial charge on any atom is 0.330 e. The van der Waals surface area contributed by atoms with Crippen LogP contribution in [0.3, 0.4) is 0 Å². The summed E-state index contributed by atoms with van der Waals surface area (Å²) >= 11 is 0. The van der Waals surface area contributed by atoms with Crippen molar-refractivity contribution in [1.29, 1.82) is 0 Å². The predicted octanol–water partition coefficient (Wildman–Crippen LogP) is 1.78. The van der Waals surface area contributed by atoms with Gasteiger partial charge in [0.1, 0.15) is 5.69 Å². The van der Waals surface area contributed by atoms with Crippen LogP contribution in [0, 0.1) is 6.92 Å². The Morgan fingerprint density at radius 2 is 1.71 bits per heavy atom. The van der Waals surface area contributed by atoms with Gasteiger partial charge in [-0.25, -0.2) is 4.57 Å². The zero-order valence-corrected chi connectivity index (χ0v) is 17.2. The van der Waals surface area contributed by atoms with Gasteiger partial charge in [0.25, 0.3) is 0 Å². The number of halogens is 1. The quantitative estimate of drug-likeness (QED) is 0.636. The molecule has 0 saturated carbocycles. The lowest BCUT2D eigenvalue weighted by Gasteiger charge is -2.29. The van der Waals surface area contributed by atoms with Gasteiger partial charge in [-0.1, -0.05) is 42.5 Å². The number of hydrogen-bond donors (Lipinski definition) is 0. The molecular weight excluding hydrogens is 366 g/mol. The third-order valence-corrected chi connectivity index (χ3v) is 4.96. The van der Waals surface area contributed by atoms with Crippen LogP contribution >= 0.6 is 0 Å². The fourth-order valence-corrected chi connectivity index (χ4v) is 3.60. The van der Waals surface area contributed by atoms with Gasteiger partial charge in [0, 0.05) is 37.0 Å². The van der Waals surface area contributed by atoms with Crippen molar-refractivity contribution in [3.05, 3.63) is 89.4 Å². The van der Waals surface area contributed by atoms with Crippen molar-refractivity contribution in [2.75, 3.05) is 11.4 Å². The molecule has 28 heavy (non-hydrogen) atoms. The van der Waals surface area contributed by atoms with E-state index in [0.717, 1.165) is 29.3 Å². The zero-order chi connectivity index (χ0) is 18.8. The van der Waals surface area contributed by atoms with Crippen LogP contribution in [0.4, 0.5) is 5.69 Å². The van der Waals surface area contributed by atoms with Gasteiger partial charge < -0.3 is 17.3 Å². The number of benzene rings is 2. The second-order valence-corrected chi connectivity index (χ2v) is 6.78. The van der Waals surface area contributed by atoms with E-state index in [1.54, 1.807) is 0 Å². The van der Waals surface area contributed by atoms with Gasteiger partial charge in [-0.15, -0.1) is 0 Å². The highest BCUT2D eigenvalue weighted by Crippen LogP contribution is 2.31. The first-order chi connectivity index (χ1) is 13.2. The Labute approximate surface area is 173 Å². The van der Waals surface area contributed by atoms with Crippen LogP contribution in [0.5, 0.6) is 0 Å². The maximum absolute atomic E-state index is 4.77. The summed E-state index contributed by atoms with van der Waals surface area (Å²) in [4.78, 5) is 7.13. The van der Waals surface area contributed by atoms with Gasteiger partial charge in [0.15, 0.2) is 5.69 Å². The fraction of sp³-hybridized carbons (Fsp3) is 0.167. The standard InChI is InChI=1S/C24H24N3.ClH/c1-4-27-21(15-14-19-10-8-9-13-23(19)27)17-22-16-18(2)25-24(26(22)3)20-11-6-5-7-12-20;/h5-17H,4H2,1-3H3;1H/q+1;/p-1. The first kappa shape index (κ1) is 19.8. The Balaban J connectivity index is 0.00000225. The van der Waals surface area contributed by atoms with Crippen LogP contribution in [0.1, 0.15) is 23.9 Å². The number of nitrogens with zero attached hydrogens (tertiary/aromatic N) is 3. The van der Waals surface area contributed by atoms with Gasteiger partial charge in [-0.05, 0) is 41.7 Å². The third-order valence-electron chi connectivity index (χ3n) is 4.96. The molecule has 1 aliphatic heterocycles. The van der Waals surface area contributed by atoms with Crippen LogP contribution in [-0.4, -0.2) is 11.5 Å². The first-order valence-electron chi connectivity index (χ1n) is 9.37. The predicted molar refractivity (Wildman–Crippen MR) is 112 cm³/mol. The van der Waals surface area contributed by atoms with E-state index in [4.69, 9.17) is 4.98 Å². The minimum absolute atomic E-state index is 0. The van der Waals surface area contributed by atoms with Gasteiger partial charge in [-0.3, -0.25) is 0 Å². The van der Waals surface area contributed by atoms with Crippen LogP contribution in [0.15, 0.2) is 72.4 Å². The largest absolute Gasteiger partial charge is 1.00 e. The fourth-order valence-electron chi connectivity index (χ4n) is 3.60. The average Bonchev–Trinajstić information content (AvgIpc) is 2.71. The smallest absolute Gasteiger partial charge is 0.330 e. The summed E-state index contributed by atoms with van der Waals surface area (Å²) in [6.07, 6.45) is 6.64. The number of likely N-dealkylation sites (N-methyl/N-ethyl adjacent to an activating group) is 1. The average molecular weight is 390 g/mol. The number of para-hydroxylation sites is 1. The Morgan fingerprint density at radius 3 is 2.46 bits per heavy atom. The molecule has 0 radical (unpaired) electrons. The molecule has 3 nitrogen and oxygen atoms in total. The number of rotatable bonds is 3. The molecule has 1 aliphatic rings. The van der Waals surface area contributed by atoms with Crippen molar-refractivity contribution in [2.24, 2.45) is 7.05 Å². The molecule has 2 heterocycles. The minimum atomic E-state index is 0. The Bertz CT molecular complexity index is 1040. The second kappa shape index (κ2) is 8.41. The number of anilines is 1. The first-order valence-corrected chi connectivity index (χ1v) is 9.37. The van der Waals surface area contributed by atoms with Crippen molar-refractivity contribution in [1.82, 2.24) is 4.98 Å². The molecule has 0 amide bonds. The molecule has 0 atom stereocenters. The Hall–Kier alpha value is -2.91. The van der Waals surface area contributed by atoms with E-state index in [2.05, 4.69) is 103 Å². The lowest BCUT2D eigenvalue weighted by molar-refractivity contribution is -0.665. The number of hydrogen-bond acceptors (Lipinski definition) is 2. The summed E-state index contributed by atoms with van der Waals surface area (Å²) in [5, 5.41) is 0. The molecule has 3 aromatic rings. The lowest BCUT2D eigenvalue weighted by Crippen LogP contribution is -3.00. The highest BCUT2D eigenvalue weighted by Gasteiger charge is 2.20. The van der Waals surface area contributed by atoms with E-state index in [-0.39, 0.29) is 12.4 Å². The van der Waals surface area contributed by atoms with Gasteiger partial charge >= 0.3 is 5.82 Å². The van der Waals surface area contributed by atoms with Crippen molar-refractivity contribution in [3.8, 4) is 11.4 Å². The highest BCUT2D eigenvalue weighted by molar-refractivity contribution is 5.79. The van der Waals surface area contributed by atoms with E-state index in [9.17, 15) is 0 Å². The van der Waals surface area contributed by atoms with Gasteiger partial charge in [0.05, 0.1) is 12.6 Å². The minimum Gasteiger partial charge on any atom is -1.00 e. The van der Waals surface area contributed by atoms with Crippen molar-refractivity contribution in [3.63, 3.8) is 0 Å². The summed E-state index contributed by atoms with van der Waals surface area (Å²) in [5.41, 5.74) is 6.99. The second-order valence-electron chi connectivity index (χ2n) is 6.78. The van der Waals surface area contributed by atoms with Crippen LogP contribution in [0.25, 0.3) is 23.5 Å². The molecule has 0 saturated heterocycles. The molecule has 0 bridgehead atoms. The molecule has 4 rings (SSSR count). The molecule has 0 unspecified atom stereocenters. The topological polar surface area (TPSA) is 20.0 Å². The maximum atomic E-state index is 4.77. The van der Waals surface area contributed by atoms with E-state index in [1.165, 1.54) is 16.9 Å². The zero-order valence-electron chi connectivity index (χ0n) is 16.4. The molecule has 0 aliphatic carbocycles. The number of aromatic nitrogens is 2. The van der Waals surface area contributed by atoms with E-state index in [1.807, 2.05) is 6.07 Å². The molecule has 4 heteroatoms. The molecular formula is C24H24ClN3. The van der Waals surface area contributed by atoms with Crippen molar-refractivity contribution >= 4 is 17.8 Å². The van der Waals surface area contributed by atoms with Crippen LogP contribution < -0.4 is 21.9 Å². The summed E-state index contributed by atoms with van der Waals surface area (Å²) in [6, 6.07) is 21.0. The van der Waals surface area contributed by atoms with E-state index < -0.39 is 0 Å². The number of allylic oxidation sites excluding steroid dienone is 1. The molecule has 142 valence electrons. The molecule has 0 N–H and O–H groups in total. The Kier molecular flexibility index (Phi) is 5.96. The normalized spacial score (nSPS) is 14.0. The molecule has 2 aromatic carbocycles. The van der Waals surface area contributed by atoms with Crippen LogP contribution in [0.2, 0.25) is 0 Å². The van der Waals surface area contributed by atoms with Crippen molar-refractivity contribution in [2.45, 2.75) is 13.8 Å². The summed E-state index contributed by atoms with van der Waals surface area (Å²) in [7, 11) is 2.08. The highest BCUT2D eigenvalue weighted by atomic mass is 35.5. The summed E-state index contributed by atoms with van der Waals surface area (Å²) in [5.74, 6) is 0.977. The molecule has 0 spiro atoms. The number of fused-ring (bicyclic) bond motifs is 1. The summed E-state index contributed by atoms with van der Waals surface area (Å²) in [6.45, 7) is 5.17. The Morgan fingerprint density at radius 1 is 1.00 bits per heavy atom.